The Labute approximate surface area is 178 Å². The van der Waals surface area contributed by atoms with Crippen LogP contribution < -0.4 is 5.73 Å². The Kier molecular flexibility index (Phi) is 4.49. The molecule has 0 spiro atoms. The normalized spacial score (nSPS) is 11.2. The zero-order chi connectivity index (χ0) is 20.7. The summed E-state index contributed by atoms with van der Waals surface area (Å²) in [6, 6.07) is 24.8. The van der Waals surface area contributed by atoms with E-state index >= 15 is 0 Å². The van der Waals surface area contributed by atoms with E-state index in [-0.39, 0.29) is 0 Å². The van der Waals surface area contributed by atoms with Crippen LogP contribution in [0.2, 0.25) is 5.02 Å². The third-order valence-electron chi connectivity index (χ3n) is 5.30. The first-order valence-corrected chi connectivity index (χ1v) is 9.91. The van der Waals surface area contributed by atoms with Gasteiger partial charge in [0.15, 0.2) is 0 Å². The maximum Gasteiger partial charge on any atom is 0.249 e. The zero-order valence-electron chi connectivity index (χ0n) is 16.0. The topological polar surface area (TPSA) is 60.9 Å². The van der Waals surface area contributed by atoms with Crippen molar-refractivity contribution in [3.63, 3.8) is 0 Å². The number of hydrogen-bond acceptors (Lipinski definition) is 2. The summed E-state index contributed by atoms with van der Waals surface area (Å²) in [7, 11) is 0. The van der Waals surface area contributed by atoms with E-state index in [1.54, 1.807) is 12.3 Å². The van der Waals surface area contributed by atoms with E-state index in [4.69, 9.17) is 17.3 Å². The van der Waals surface area contributed by atoms with Gasteiger partial charge < -0.3 is 10.3 Å². The summed E-state index contributed by atoms with van der Waals surface area (Å²) in [5, 5.41) is 2.40. The first kappa shape index (κ1) is 18.4. The van der Waals surface area contributed by atoms with Crippen LogP contribution in [0.15, 0.2) is 79.1 Å². The van der Waals surface area contributed by atoms with Gasteiger partial charge in [0.05, 0.1) is 11.0 Å². The molecule has 0 saturated heterocycles. The number of rotatable bonds is 4. The van der Waals surface area contributed by atoms with Gasteiger partial charge in [-0.15, -0.1) is 0 Å². The number of carbonyl (C=O) groups is 1. The number of hydrogen-bond donors (Lipinski definition) is 1. The van der Waals surface area contributed by atoms with Gasteiger partial charge in [-0.1, -0.05) is 35.9 Å². The molecule has 4 nitrogen and oxygen atoms in total. The molecule has 2 heterocycles. The van der Waals surface area contributed by atoms with E-state index in [1.165, 1.54) is 0 Å². The Morgan fingerprint density at radius 2 is 1.87 bits per heavy atom. The SMILES string of the molecule is NC(=O)c1cccc2c1c1[c]cc(-c3ccc(Cl)cc3)cc1n2Cc1cccnc1. The molecule has 0 atom stereocenters. The van der Waals surface area contributed by atoms with Crippen LogP contribution in [-0.4, -0.2) is 15.5 Å². The van der Waals surface area contributed by atoms with Crippen molar-refractivity contribution in [1.82, 2.24) is 9.55 Å². The minimum Gasteiger partial charge on any atom is -0.366 e. The number of primary amides is 1. The lowest BCUT2D eigenvalue weighted by Gasteiger charge is -2.09. The van der Waals surface area contributed by atoms with Gasteiger partial charge in [0.25, 0.3) is 0 Å². The number of aromatic nitrogens is 2. The van der Waals surface area contributed by atoms with Crippen LogP contribution in [0.4, 0.5) is 0 Å². The number of pyridine rings is 1. The molecule has 2 N–H and O–H groups in total. The number of benzene rings is 3. The number of halogens is 1. The maximum absolute atomic E-state index is 12.1. The number of nitrogens with two attached hydrogens (primary N) is 1. The number of carbonyl (C=O) groups excluding carboxylic acids is 1. The van der Waals surface area contributed by atoms with E-state index in [1.807, 2.05) is 60.8 Å². The molecule has 1 radical (unpaired) electrons. The molecule has 5 rings (SSSR count). The van der Waals surface area contributed by atoms with Gasteiger partial charge in [0, 0.05) is 40.3 Å². The van der Waals surface area contributed by atoms with E-state index < -0.39 is 5.91 Å². The molecule has 30 heavy (non-hydrogen) atoms. The van der Waals surface area contributed by atoms with Crippen LogP contribution >= 0.6 is 11.6 Å². The lowest BCUT2D eigenvalue weighted by Crippen LogP contribution is -2.11. The molecule has 0 bridgehead atoms. The van der Waals surface area contributed by atoms with Crippen LogP contribution in [0.3, 0.4) is 0 Å². The van der Waals surface area contributed by atoms with Crippen molar-refractivity contribution >= 4 is 39.3 Å². The molecule has 0 saturated carbocycles. The number of amides is 1. The third kappa shape index (κ3) is 3.11. The van der Waals surface area contributed by atoms with Gasteiger partial charge in [0.2, 0.25) is 5.91 Å². The highest BCUT2D eigenvalue weighted by atomic mass is 35.5. The Morgan fingerprint density at radius 1 is 1.03 bits per heavy atom. The smallest absolute Gasteiger partial charge is 0.249 e. The molecule has 2 aromatic heterocycles. The summed E-state index contributed by atoms with van der Waals surface area (Å²) >= 11 is 6.05. The molecule has 0 unspecified atom stereocenters. The van der Waals surface area contributed by atoms with Gasteiger partial charge in [-0.25, -0.2) is 0 Å². The fourth-order valence-electron chi connectivity index (χ4n) is 3.91. The Morgan fingerprint density at radius 3 is 2.60 bits per heavy atom. The minimum absolute atomic E-state index is 0.448. The van der Waals surface area contributed by atoms with Crippen molar-refractivity contribution in [3.05, 3.63) is 101 Å². The van der Waals surface area contributed by atoms with Crippen LogP contribution in [0.1, 0.15) is 15.9 Å². The van der Waals surface area contributed by atoms with E-state index in [0.29, 0.717) is 17.1 Å². The summed E-state index contributed by atoms with van der Waals surface area (Å²) in [5.74, 6) is -0.448. The van der Waals surface area contributed by atoms with Crippen LogP contribution in [0.5, 0.6) is 0 Å². The van der Waals surface area contributed by atoms with Crippen molar-refractivity contribution in [3.8, 4) is 11.1 Å². The zero-order valence-corrected chi connectivity index (χ0v) is 16.7. The summed E-state index contributed by atoms with van der Waals surface area (Å²) in [6.07, 6.45) is 3.61. The molecule has 0 aliphatic carbocycles. The highest BCUT2D eigenvalue weighted by Crippen LogP contribution is 2.34. The molecule has 0 aliphatic heterocycles. The van der Waals surface area contributed by atoms with Gasteiger partial charge in [0.1, 0.15) is 0 Å². The van der Waals surface area contributed by atoms with Gasteiger partial charge in [-0.3, -0.25) is 9.78 Å². The van der Waals surface area contributed by atoms with Crippen molar-refractivity contribution in [2.45, 2.75) is 6.54 Å². The van der Waals surface area contributed by atoms with E-state index in [9.17, 15) is 4.79 Å². The largest absolute Gasteiger partial charge is 0.366 e. The molecule has 3 aromatic carbocycles. The molecule has 0 aliphatic rings. The molecular formula is C25H17ClN3O. The quantitative estimate of drug-likeness (QED) is 0.427. The third-order valence-corrected chi connectivity index (χ3v) is 5.55. The lowest BCUT2D eigenvalue weighted by atomic mass is 10.0. The van der Waals surface area contributed by atoms with Crippen LogP contribution in [0, 0.1) is 6.07 Å². The highest BCUT2D eigenvalue weighted by Gasteiger charge is 2.17. The monoisotopic (exact) mass is 410 g/mol. The van der Waals surface area contributed by atoms with Crippen molar-refractivity contribution < 1.29 is 4.79 Å². The summed E-state index contributed by atoms with van der Waals surface area (Å²) in [4.78, 5) is 16.4. The summed E-state index contributed by atoms with van der Waals surface area (Å²) in [6.45, 7) is 0.619. The average molecular weight is 411 g/mol. The van der Waals surface area contributed by atoms with Crippen molar-refractivity contribution in [2.75, 3.05) is 0 Å². The standard InChI is InChI=1S/C25H17ClN3O/c26-19-9-6-17(7-10-19)18-8-11-20-23(13-18)29(15-16-3-2-12-28-14-16)22-5-1-4-21(24(20)22)25(27)30/h1-10,12-14H,15H2,(H2,27,30). The second-order valence-electron chi connectivity index (χ2n) is 7.17. The van der Waals surface area contributed by atoms with Crippen LogP contribution in [-0.2, 0) is 6.54 Å². The fourth-order valence-corrected chi connectivity index (χ4v) is 4.04. The Hall–Kier alpha value is -3.63. The first-order chi connectivity index (χ1) is 14.6. The Balaban J connectivity index is 1.80. The Bertz CT molecular complexity index is 1390. The predicted molar refractivity (Wildman–Crippen MR) is 121 cm³/mol. The molecule has 5 aromatic rings. The number of fused-ring (bicyclic) bond motifs is 3. The van der Waals surface area contributed by atoms with Gasteiger partial charge in [-0.2, -0.15) is 0 Å². The predicted octanol–water partition coefficient (Wildman–Crippen LogP) is 5.46. The first-order valence-electron chi connectivity index (χ1n) is 9.53. The second-order valence-corrected chi connectivity index (χ2v) is 7.60. The second kappa shape index (κ2) is 7.32. The van der Waals surface area contributed by atoms with Crippen molar-refractivity contribution in [1.29, 1.82) is 0 Å². The van der Waals surface area contributed by atoms with Crippen LogP contribution in [0.25, 0.3) is 32.9 Å². The summed E-state index contributed by atoms with van der Waals surface area (Å²) < 4.78 is 2.18. The number of nitrogens with zero attached hydrogens (tertiary/aromatic N) is 2. The minimum atomic E-state index is -0.448. The molecular weight excluding hydrogens is 394 g/mol. The van der Waals surface area contributed by atoms with Gasteiger partial charge >= 0.3 is 0 Å². The van der Waals surface area contributed by atoms with Crippen molar-refractivity contribution in [2.24, 2.45) is 5.73 Å². The maximum atomic E-state index is 12.1. The van der Waals surface area contributed by atoms with E-state index in [2.05, 4.69) is 21.7 Å². The highest BCUT2D eigenvalue weighted by molar-refractivity contribution is 6.30. The lowest BCUT2D eigenvalue weighted by molar-refractivity contribution is 0.100. The summed E-state index contributed by atoms with van der Waals surface area (Å²) in [5.41, 5.74) is 11.2. The fraction of sp³-hybridized carbons (Fsp3) is 0.0400. The molecule has 1 amide bonds. The van der Waals surface area contributed by atoms with Gasteiger partial charge in [-0.05, 0) is 65.2 Å². The average Bonchev–Trinajstić information content (AvgIpc) is 3.08. The molecule has 145 valence electrons. The molecule has 5 heteroatoms. The molecule has 0 fully saturated rings. The van der Waals surface area contributed by atoms with E-state index in [0.717, 1.165) is 38.5 Å².